The van der Waals surface area contributed by atoms with E-state index in [1.165, 1.54) is 0 Å². The van der Waals surface area contributed by atoms with E-state index in [4.69, 9.17) is 18.0 Å². The molecule has 4 nitrogen and oxygen atoms in total. The second-order valence-corrected chi connectivity index (χ2v) is 6.32. The number of thiocarbonyl (C=S) groups is 1. The average molecular weight is 285 g/mol. The minimum absolute atomic E-state index is 0.177. The van der Waals surface area contributed by atoms with Crippen molar-refractivity contribution in [2.24, 2.45) is 5.73 Å². The van der Waals surface area contributed by atoms with Crippen LogP contribution in [0.2, 0.25) is 0 Å². The molecule has 0 spiro atoms. The molecule has 1 aromatic heterocycles. The third-order valence-electron chi connectivity index (χ3n) is 2.63. The molecule has 2 atom stereocenters. The Labute approximate surface area is 116 Å². The van der Waals surface area contributed by atoms with Gasteiger partial charge in [0.15, 0.2) is 0 Å². The molecular weight excluding hydrogens is 266 g/mol. The summed E-state index contributed by atoms with van der Waals surface area (Å²) in [5.74, 6) is 1.37. The molecule has 0 bridgehead atoms. The van der Waals surface area contributed by atoms with E-state index in [9.17, 15) is 4.21 Å². The van der Waals surface area contributed by atoms with Gasteiger partial charge in [0.1, 0.15) is 10.8 Å². The highest BCUT2D eigenvalue weighted by Crippen LogP contribution is 2.17. The molecule has 2 unspecified atom stereocenters. The van der Waals surface area contributed by atoms with E-state index >= 15 is 0 Å². The van der Waals surface area contributed by atoms with Gasteiger partial charge in [0.05, 0.1) is 5.56 Å². The standard InChI is InChI=1S/C12H19N3OS2/c1-8-4-6-14-12(10(8)11(13)17)15-9(2)5-7-18(3)16/h4,6,9H,5,7H2,1-3H3,(H2,13,17)(H,14,15). The number of nitrogens with two attached hydrogens (primary N) is 1. The number of aryl methyl sites for hydroxylation is 1. The predicted molar refractivity (Wildman–Crippen MR) is 81.5 cm³/mol. The number of hydrogen-bond donors (Lipinski definition) is 2. The molecule has 0 fully saturated rings. The van der Waals surface area contributed by atoms with E-state index in [0.717, 1.165) is 17.5 Å². The van der Waals surface area contributed by atoms with Crippen LogP contribution in [0.1, 0.15) is 24.5 Å². The first-order chi connectivity index (χ1) is 8.41. The molecule has 100 valence electrons. The van der Waals surface area contributed by atoms with Crippen molar-refractivity contribution in [2.75, 3.05) is 17.3 Å². The zero-order chi connectivity index (χ0) is 13.7. The van der Waals surface area contributed by atoms with Gasteiger partial charge in [0.25, 0.3) is 0 Å². The molecule has 0 amide bonds. The zero-order valence-electron chi connectivity index (χ0n) is 10.9. The molecule has 0 radical (unpaired) electrons. The number of rotatable bonds is 6. The number of pyridine rings is 1. The third kappa shape index (κ3) is 4.34. The second kappa shape index (κ2) is 6.80. The Morgan fingerprint density at radius 1 is 1.67 bits per heavy atom. The number of anilines is 1. The van der Waals surface area contributed by atoms with E-state index in [1.807, 2.05) is 19.9 Å². The van der Waals surface area contributed by atoms with Crippen LogP contribution in [0.3, 0.4) is 0 Å². The molecule has 0 saturated heterocycles. The summed E-state index contributed by atoms with van der Waals surface area (Å²) >= 11 is 5.05. The van der Waals surface area contributed by atoms with Gasteiger partial charge in [-0.2, -0.15) is 0 Å². The van der Waals surface area contributed by atoms with Gasteiger partial charge in [-0.05, 0) is 31.9 Å². The van der Waals surface area contributed by atoms with Crippen LogP contribution < -0.4 is 11.1 Å². The zero-order valence-corrected chi connectivity index (χ0v) is 12.5. The SMILES string of the molecule is Cc1ccnc(NC(C)CCS(C)=O)c1C(N)=S. The molecule has 6 heteroatoms. The van der Waals surface area contributed by atoms with Crippen molar-refractivity contribution in [3.05, 3.63) is 23.4 Å². The van der Waals surface area contributed by atoms with E-state index in [0.29, 0.717) is 16.6 Å². The Balaban J connectivity index is 2.81. The third-order valence-corrected chi connectivity index (χ3v) is 3.64. The summed E-state index contributed by atoms with van der Waals surface area (Å²) in [6, 6.07) is 2.06. The van der Waals surface area contributed by atoms with Crippen LogP contribution in [0, 0.1) is 6.92 Å². The summed E-state index contributed by atoms with van der Waals surface area (Å²) < 4.78 is 11.1. The van der Waals surface area contributed by atoms with E-state index in [-0.39, 0.29) is 6.04 Å². The lowest BCUT2D eigenvalue weighted by Gasteiger charge is -2.17. The normalized spacial score (nSPS) is 13.9. The van der Waals surface area contributed by atoms with Crippen LogP contribution in [0.4, 0.5) is 5.82 Å². The monoisotopic (exact) mass is 285 g/mol. The van der Waals surface area contributed by atoms with Gasteiger partial charge in [-0.1, -0.05) is 12.2 Å². The maximum absolute atomic E-state index is 11.1. The molecule has 0 saturated carbocycles. The number of aromatic nitrogens is 1. The second-order valence-electron chi connectivity index (χ2n) is 4.33. The van der Waals surface area contributed by atoms with Crippen molar-refractivity contribution in [3.8, 4) is 0 Å². The highest BCUT2D eigenvalue weighted by molar-refractivity contribution is 7.84. The van der Waals surface area contributed by atoms with Crippen molar-refractivity contribution < 1.29 is 4.21 Å². The van der Waals surface area contributed by atoms with Crippen molar-refractivity contribution in [3.63, 3.8) is 0 Å². The Hall–Kier alpha value is -1.01. The summed E-state index contributed by atoms with van der Waals surface area (Å²) in [5, 5.41) is 3.27. The van der Waals surface area contributed by atoms with Crippen LogP contribution in [-0.4, -0.2) is 32.2 Å². The molecule has 0 aliphatic heterocycles. The minimum atomic E-state index is -0.774. The quantitative estimate of drug-likeness (QED) is 0.777. The summed E-state index contributed by atoms with van der Waals surface area (Å²) in [5.41, 5.74) is 7.51. The molecule has 1 heterocycles. The Morgan fingerprint density at radius 3 is 2.89 bits per heavy atom. The van der Waals surface area contributed by atoms with Crippen molar-refractivity contribution >= 4 is 33.8 Å². The van der Waals surface area contributed by atoms with Gasteiger partial charge in [0.2, 0.25) is 0 Å². The van der Waals surface area contributed by atoms with Gasteiger partial charge in [0, 0.05) is 35.0 Å². The number of hydrogen-bond acceptors (Lipinski definition) is 4. The lowest BCUT2D eigenvalue weighted by Crippen LogP contribution is -2.22. The van der Waals surface area contributed by atoms with Gasteiger partial charge in [-0.15, -0.1) is 0 Å². The molecule has 0 aliphatic carbocycles. The van der Waals surface area contributed by atoms with E-state index in [2.05, 4.69) is 10.3 Å². The Bertz CT molecular complexity index is 463. The lowest BCUT2D eigenvalue weighted by molar-refractivity contribution is 0.678. The van der Waals surface area contributed by atoms with Gasteiger partial charge in [-0.25, -0.2) is 4.98 Å². The molecule has 1 rings (SSSR count). The van der Waals surface area contributed by atoms with Gasteiger partial charge >= 0.3 is 0 Å². The molecule has 0 aromatic carbocycles. The van der Waals surface area contributed by atoms with E-state index in [1.54, 1.807) is 12.5 Å². The van der Waals surface area contributed by atoms with Gasteiger partial charge < -0.3 is 11.1 Å². The highest BCUT2D eigenvalue weighted by Gasteiger charge is 2.12. The van der Waals surface area contributed by atoms with Crippen LogP contribution in [0.15, 0.2) is 12.3 Å². The Morgan fingerprint density at radius 2 is 2.33 bits per heavy atom. The molecule has 18 heavy (non-hydrogen) atoms. The molecule has 3 N–H and O–H groups in total. The van der Waals surface area contributed by atoms with Crippen molar-refractivity contribution in [1.82, 2.24) is 4.98 Å². The molecule has 0 aliphatic rings. The first-order valence-electron chi connectivity index (χ1n) is 5.73. The van der Waals surface area contributed by atoms with Crippen LogP contribution >= 0.6 is 12.2 Å². The fourth-order valence-corrected chi connectivity index (χ4v) is 2.57. The fourth-order valence-electron chi connectivity index (χ4n) is 1.63. The van der Waals surface area contributed by atoms with Crippen LogP contribution in [0.25, 0.3) is 0 Å². The average Bonchev–Trinajstić information content (AvgIpc) is 2.26. The lowest BCUT2D eigenvalue weighted by atomic mass is 10.1. The summed E-state index contributed by atoms with van der Waals surface area (Å²) in [6.07, 6.45) is 4.25. The van der Waals surface area contributed by atoms with Gasteiger partial charge in [-0.3, -0.25) is 4.21 Å². The summed E-state index contributed by atoms with van der Waals surface area (Å²) in [7, 11) is -0.774. The predicted octanol–water partition coefficient (Wildman–Crippen LogP) is 1.59. The summed E-state index contributed by atoms with van der Waals surface area (Å²) in [4.78, 5) is 4.62. The number of nitrogens with zero attached hydrogens (tertiary/aromatic N) is 1. The van der Waals surface area contributed by atoms with E-state index < -0.39 is 10.8 Å². The fraction of sp³-hybridized carbons (Fsp3) is 0.500. The first-order valence-corrected chi connectivity index (χ1v) is 7.87. The topological polar surface area (TPSA) is 68.0 Å². The summed E-state index contributed by atoms with van der Waals surface area (Å²) in [6.45, 7) is 3.98. The van der Waals surface area contributed by atoms with Crippen molar-refractivity contribution in [2.45, 2.75) is 26.3 Å². The highest BCUT2D eigenvalue weighted by atomic mass is 32.2. The van der Waals surface area contributed by atoms with Crippen LogP contribution in [0.5, 0.6) is 0 Å². The first kappa shape index (κ1) is 15.0. The van der Waals surface area contributed by atoms with Crippen LogP contribution in [-0.2, 0) is 10.8 Å². The van der Waals surface area contributed by atoms with Crippen molar-refractivity contribution in [1.29, 1.82) is 0 Å². The molecule has 1 aromatic rings. The maximum atomic E-state index is 11.1. The number of nitrogens with one attached hydrogen (secondary N) is 1. The maximum Gasteiger partial charge on any atom is 0.136 e. The Kier molecular flexibility index (Phi) is 5.68. The molecular formula is C12H19N3OS2. The largest absolute Gasteiger partial charge is 0.389 e. The smallest absolute Gasteiger partial charge is 0.136 e. The minimum Gasteiger partial charge on any atom is -0.389 e.